The van der Waals surface area contributed by atoms with Crippen LogP contribution in [0.5, 0.6) is 5.75 Å². The minimum absolute atomic E-state index is 0.0533. The Labute approximate surface area is 82.3 Å². The van der Waals surface area contributed by atoms with E-state index in [2.05, 4.69) is 10.6 Å². The molecule has 1 aliphatic rings. The van der Waals surface area contributed by atoms with Crippen molar-refractivity contribution in [3.63, 3.8) is 0 Å². The minimum Gasteiger partial charge on any atom is -0.497 e. The molecule has 1 heterocycles. The lowest BCUT2D eigenvalue weighted by molar-refractivity contribution is 0.247. The third kappa shape index (κ3) is 1.64. The highest BCUT2D eigenvalue weighted by molar-refractivity contribution is 5.76. The molecule has 0 saturated carbocycles. The Balaban J connectivity index is 2.19. The van der Waals surface area contributed by atoms with Crippen molar-refractivity contribution in [1.29, 1.82) is 0 Å². The molecular weight excluding hydrogens is 180 g/mol. The predicted octanol–water partition coefficient (Wildman–Crippen LogP) is 1.05. The zero-order valence-electron chi connectivity index (χ0n) is 7.91. The lowest BCUT2D eigenvalue weighted by atomic mass is 10.1. The summed E-state index contributed by atoms with van der Waals surface area (Å²) in [7, 11) is 1.63. The van der Waals surface area contributed by atoms with Crippen molar-refractivity contribution in [1.82, 2.24) is 10.6 Å². The van der Waals surface area contributed by atoms with Crippen LogP contribution in [0.1, 0.15) is 11.6 Å². The zero-order valence-corrected chi connectivity index (χ0v) is 7.91. The van der Waals surface area contributed by atoms with E-state index in [1.165, 1.54) is 0 Å². The van der Waals surface area contributed by atoms with Crippen molar-refractivity contribution >= 4 is 6.03 Å². The van der Waals surface area contributed by atoms with Crippen molar-refractivity contribution in [2.75, 3.05) is 13.7 Å². The zero-order chi connectivity index (χ0) is 9.97. The van der Waals surface area contributed by atoms with E-state index in [1.807, 2.05) is 24.3 Å². The molecule has 1 fully saturated rings. The van der Waals surface area contributed by atoms with E-state index in [-0.39, 0.29) is 12.1 Å². The van der Waals surface area contributed by atoms with Crippen LogP contribution in [0.2, 0.25) is 0 Å². The molecule has 14 heavy (non-hydrogen) atoms. The molecule has 1 atom stereocenters. The van der Waals surface area contributed by atoms with Gasteiger partial charge in [-0.2, -0.15) is 0 Å². The molecule has 74 valence electrons. The number of carbonyl (C=O) groups excluding carboxylic acids is 1. The van der Waals surface area contributed by atoms with E-state index in [0.29, 0.717) is 6.54 Å². The number of benzene rings is 1. The molecule has 1 aromatic carbocycles. The second-order valence-electron chi connectivity index (χ2n) is 3.18. The highest BCUT2D eigenvalue weighted by Gasteiger charge is 2.21. The van der Waals surface area contributed by atoms with Crippen LogP contribution in [0, 0.1) is 0 Å². The molecule has 2 amide bonds. The van der Waals surface area contributed by atoms with Crippen LogP contribution in [0.4, 0.5) is 4.79 Å². The lowest BCUT2D eigenvalue weighted by Gasteiger charge is -2.09. The van der Waals surface area contributed by atoms with Gasteiger partial charge in [-0.3, -0.25) is 0 Å². The average Bonchev–Trinajstić information content (AvgIpc) is 2.65. The van der Waals surface area contributed by atoms with E-state index >= 15 is 0 Å². The molecule has 2 rings (SSSR count). The summed E-state index contributed by atoms with van der Waals surface area (Å²) in [6.45, 7) is 0.631. The quantitative estimate of drug-likeness (QED) is 0.735. The van der Waals surface area contributed by atoms with Crippen molar-refractivity contribution in [3.8, 4) is 5.75 Å². The molecule has 1 aliphatic heterocycles. The number of urea groups is 1. The van der Waals surface area contributed by atoms with E-state index in [1.54, 1.807) is 7.11 Å². The van der Waals surface area contributed by atoms with Gasteiger partial charge in [-0.05, 0) is 17.7 Å². The van der Waals surface area contributed by atoms with Crippen LogP contribution < -0.4 is 15.4 Å². The second kappa shape index (κ2) is 3.57. The molecule has 0 spiro atoms. The van der Waals surface area contributed by atoms with Crippen LogP contribution in [0.15, 0.2) is 24.3 Å². The van der Waals surface area contributed by atoms with E-state index in [0.717, 1.165) is 11.3 Å². The second-order valence-corrected chi connectivity index (χ2v) is 3.18. The van der Waals surface area contributed by atoms with Crippen molar-refractivity contribution in [2.24, 2.45) is 0 Å². The number of ether oxygens (including phenoxy) is 1. The van der Waals surface area contributed by atoms with Gasteiger partial charge < -0.3 is 15.4 Å². The Bertz CT molecular complexity index is 352. The Morgan fingerprint density at radius 2 is 2.36 bits per heavy atom. The van der Waals surface area contributed by atoms with E-state index in [9.17, 15) is 4.79 Å². The van der Waals surface area contributed by atoms with Crippen LogP contribution in [-0.4, -0.2) is 19.7 Å². The summed E-state index contributed by atoms with van der Waals surface area (Å²) in [4.78, 5) is 10.9. The van der Waals surface area contributed by atoms with Crippen LogP contribution >= 0.6 is 0 Å². The average molecular weight is 192 g/mol. The van der Waals surface area contributed by atoms with Gasteiger partial charge in [-0.1, -0.05) is 12.1 Å². The summed E-state index contributed by atoms with van der Waals surface area (Å²) in [6.07, 6.45) is 0. The largest absolute Gasteiger partial charge is 0.497 e. The fourth-order valence-corrected chi connectivity index (χ4v) is 1.51. The number of rotatable bonds is 2. The SMILES string of the molecule is COc1cccc([C@@H]2CNC(=O)N2)c1. The maximum atomic E-state index is 10.9. The van der Waals surface area contributed by atoms with Crippen LogP contribution in [0.3, 0.4) is 0 Å². The summed E-state index contributed by atoms with van der Waals surface area (Å²) in [5.41, 5.74) is 1.06. The lowest BCUT2D eigenvalue weighted by Crippen LogP contribution is -2.21. The highest BCUT2D eigenvalue weighted by Crippen LogP contribution is 2.20. The van der Waals surface area contributed by atoms with E-state index < -0.39 is 0 Å². The summed E-state index contributed by atoms with van der Waals surface area (Å²) in [5.74, 6) is 0.809. The number of nitrogens with one attached hydrogen (secondary N) is 2. The molecule has 0 bridgehead atoms. The van der Waals surface area contributed by atoms with Gasteiger partial charge in [0.05, 0.1) is 13.2 Å². The molecule has 1 aromatic rings. The number of carbonyl (C=O) groups is 1. The molecule has 0 aromatic heterocycles. The smallest absolute Gasteiger partial charge is 0.315 e. The Morgan fingerprint density at radius 3 is 3.00 bits per heavy atom. The highest BCUT2D eigenvalue weighted by atomic mass is 16.5. The standard InChI is InChI=1S/C10H12N2O2/c1-14-8-4-2-3-7(5-8)9-6-11-10(13)12-9/h2-5,9H,6H2,1H3,(H2,11,12,13)/t9-/m0/s1. The van der Waals surface area contributed by atoms with Gasteiger partial charge in [-0.15, -0.1) is 0 Å². The van der Waals surface area contributed by atoms with Gasteiger partial charge in [0.1, 0.15) is 5.75 Å². The van der Waals surface area contributed by atoms with E-state index in [4.69, 9.17) is 4.74 Å². The van der Waals surface area contributed by atoms with Crippen molar-refractivity contribution in [3.05, 3.63) is 29.8 Å². The summed E-state index contributed by atoms with van der Waals surface area (Å²) >= 11 is 0. The molecule has 4 nitrogen and oxygen atoms in total. The molecule has 2 N–H and O–H groups in total. The number of hydrogen-bond donors (Lipinski definition) is 2. The fraction of sp³-hybridized carbons (Fsp3) is 0.300. The Kier molecular flexibility index (Phi) is 2.26. The minimum atomic E-state index is -0.113. The molecule has 0 radical (unpaired) electrons. The van der Waals surface area contributed by atoms with Gasteiger partial charge in [0.15, 0.2) is 0 Å². The fourth-order valence-electron chi connectivity index (χ4n) is 1.51. The Morgan fingerprint density at radius 1 is 1.50 bits per heavy atom. The predicted molar refractivity (Wildman–Crippen MR) is 52.3 cm³/mol. The molecule has 1 saturated heterocycles. The maximum absolute atomic E-state index is 10.9. The van der Waals surface area contributed by atoms with Gasteiger partial charge in [-0.25, -0.2) is 4.79 Å². The van der Waals surface area contributed by atoms with Gasteiger partial charge in [0.2, 0.25) is 0 Å². The summed E-state index contributed by atoms with van der Waals surface area (Å²) in [6, 6.07) is 7.64. The van der Waals surface area contributed by atoms with Crippen LogP contribution in [0.25, 0.3) is 0 Å². The van der Waals surface area contributed by atoms with Crippen LogP contribution in [-0.2, 0) is 0 Å². The third-order valence-electron chi connectivity index (χ3n) is 2.27. The van der Waals surface area contributed by atoms with Gasteiger partial charge in [0.25, 0.3) is 0 Å². The first kappa shape index (κ1) is 8.87. The molecular formula is C10H12N2O2. The Hall–Kier alpha value is -1.71. The molecule has 0 unspecified atom stereocenters. The normalized spacial score (nSPS) is 20.1. The van der Waals surface area contributed by atoms with Gasteiger partial charge >= 0.3 is 6.03 Å². The molecule has 4 heteroatoms. The summed E-state index contributed by atoms with van der Waals surface area (Å²) in [5, 5.41) is 5.53. The first-order chi connectivity index (χ1) is 6.79. The number of hydrogen-bond acceptors (Lipinski definition) is 2. The summed E-state index contributed by atoms with van der Waals surface area (Å²) < 4.78 is 5.11. The number of methoxy groups -OCH3 is 1. The molecule has 0 aliphatic carbocycles. The topological polar surface area (TPSA) is 50.4 Å². The van der Waals surface area contributed by atoms with Crippen molar-refractivity contribution in [2.45, 2.75) is 6.04 Å². The first-order valence-corrected chi connectivity index (χ1v) is 4.48. The maximum Gasteiger partial charge on any atom is 0.315 e. The van der Waals surface area contributed by atoms with Crippen molar-refractivity contribution < 1.29 is 9.53 Å². The first-order valence-electron chi connectivity index (χ1n) is 4.48. The monoisotopic (exact) mass is 192 g/mol. The van der Waals surface area contributed by atoms with Gasteiger partial charge in [0, 0.05) is 6.54 Å². The third-order valence-corrected chi connectivity index (χ3v) is 2.27. The number of amides is 2.